The zero-order chi connectivity index (χ0) is 53.1. The summed E-state index contributed by atoms with van der Waals surface area (Å²) < 4.78 is 2.45. The van der Waals surface area contributed by atoms with Gasteiger partial charge in [0.1, 0.15) is 28.8 Å². The highest BCUT2D eigenvalue weighted by atomic mass is 35.5. The number of benzene rings is 2. The summed E-state index contributed by atoms with van der Waals surface area (Å²) in [7, 11) is 0. The molecule has 0 spiro atoms. The van der Waals surface area contributed by atoms with E-state index in [0.29, 0.717) is 69.9 Å². The Kier molecular flexibility index (Phi) is 17.8. The number of halogens is 1. The number of nitrogen functional groups attached to an aromatic ring is 2. The number of carbonyl (C=O) groups is 6. The van der Waals surface area contributed by atoms with Crippen LogP contribution >= 0.6 is 11.6 Å². The Balaban J connectivity index is 0.000000213. The number of anilines is 2. The molecule has 21 heteroatoms. The second-order valence-electron chi connectivity index (χ2n) is 17.9. The predicted molar refractivity (Wildman–Crippen MR) is 280 cm³/mol. The van der Waals surface area contributed by atoms with Crippen molar-refractivity contribution < 1.29 is 28.8 Å². The van der Waals surface area contributed by atoms with E-state index >= 15 is 0 Å². The maximum Gasteiger partial charge on any atom is 0.269 e. The topological polar surface area (TPSA) is 307 Å². The van der Waals surface area contributed by atoms with Gasteiger partial charge in [0.15, 0.2) is 17.2 Å². The molecule has 2 fully saturated rings. The third-order valence-electron chi connectivity index (χ3n) is 11.5. The lowest BCUT2D eigenvalue weighted by atomic mass is 10.1. The van der Waals surface area contributed by atoms with Gasteiger partial charge >= 0.3 is 0 Å². The number of nitrogens with one attached hydrogen (secondary N) is 3. The highest BCUT2D eigenvalue weighted by Crippen LogP contribution is 2.35. The van der Waals surface area contributed by atoms with Crippen LogP contribution in [-0.2, 0) is 9.59 Å². The van der Waals surface area contributed by atoms with Crippen LogP contribution in [0.2, 0.25) is 0 Å². The molecule has 5 amide bonds. The van der Waals surface area contributed by atoms with E-state index in [-0.39, 0.29) is 41.2 Å². The molecule has 0 radical (unpaired) electrons. The van der Waals surface area contributed by atoms with E-state index in [1.54, 1.807) is 84.0 Å². The Morgan fingerprint density at radius 3 is 1.49 bits per heavy atom. The predicted octanol–water partition coefficient (Wildman–Crippen LogP) is 6.41. The number of nitrogens with zero attached hydrogens (tertiary/aromatic N) is 7. The first-order chi connectivity index (χ1) is 34.7. The van der Waals surface area contributed by atoms with E-state index in [1.165, 1.54) is 15.4 Å². The van der Waals surface area contributed by atoms with Gasteiger partial charge in [-0.1, -0.05) is 47.5 Å². The summed E-state index contributed by atoms with van der Waals surface area (Å²) in [6.45, 7) is 12.6. The summed E-state index contributed by atoms with van der Waals surface area (Å²) in [5, 5.41) is 8.42. The number of aryl methyl sites for hydroxylation is 2. The molecule has 0 bridgehead atoms. The normalized spacial score (nSPS) is 14.6. The van der Waals surface area contributed by atoms with Crippen LogP contribution < -0.4 is 39.1 Å². The Morgan fingerprint density at radius 2 is 1.11 bits per heavy atom. The van der Waals surface area contributed by atoms with E-state index in [4.69, 9.17) is 34.8 Å². The highest BCUT2D eigenvalue weighted by Gasteiger charge is 2.35. The first-order valence-corrected chi connectivity index (χ1v) is 23.7. The maximum absolute atomic E-state index is 12.7. The number of imidazole rings is 2. The summed E-state index contributed by atoms with van der Waals surface area (Å²) >= 11 is 4.96. The van der Waals surface area contributed by atoms with Crippen molar-refractivity contribution in [3.05, 3.63) is 154 Å². The van der Waals surface area contributed by atoms with Gasteiger partial charge in [0.05, 0.1) is 12.1 Å². The SMILES string of the molecule is CC(C)=CC(=O)Cl.CC(C)=CC(=O)N1CCC[C@H]1c1nc(-c2ccc(C(=O)Nc3ccc(C)cn3)cc2)c(C(N)=O)n1N.Cc1ccc(NC(=O)c2ccc(-c3nc([C@@H]4CCCN4)n(N)c3C(N)=O)cc2)nc1. The molecular weight excluding hydrogens is 952 g/mol. The summed E-state index contributed by atoms with van der Waals surface area (Å²) in [6.07, 6.45) is 9.67. The van der Waals surface area contributed by atoms with Gasteiger partial charge in [0.25, 0.3) is 23.6 Å². The monoisotopic (exact) mass is 1010 g/mol. The minimum Gasteiger partial charge on any atom is -0.364 e. The van der Waals surface area contributed by atoms with Gasteiger partial charge in [0, 0.05) is 47.3 Å². The molecule has 6 aromatic rings. The Labute approximate surface area is 427 Å². The van der Waals surface area contributed by atoms with Crippen LogP contribution in [0.5, 0.6) is 0 Å². The number of nitrogens with two attached hydrogens (primary N) is 4. The standard InChI is InChI=1S/C26H29N7O3.C21H23N7O2.C5H7ClO/c1-15(2)13-21(34)32-12-4-5-19(32)25-31-22(23(24(27)35)33(25)28)17-7-9-18(10-8-17)26(36)30-20-11-6-16(3)14-29-20;1-12-4-9-16(25-11-12)26-21(30)14-7-5-13(6-8-14)17-18(19(22)29)28(23)20(27-17)15-3-2-10-24-15;1-4(2)3-5(6)7/h6-11,13-14,19H,4-5,12,28H2,1-3H3,(H2,27,35)(H,29,30,36);4-9,11,15,24H,2-3,10,23H2,1H3,(H2,22,29)(H,25,26,30);3H,1-2H3/t19-;15-;/m00./s1. The number of pyridine rings is 2. The lowest BCUT2D eigenvalue weighted by Crippen LogP contribution is -2.33. The summed E-state index contributed by atoms with van der Waals surface area (Å²) in [6, 6.07) is 20.2. The number of allylic oxidation sites excluding steroid dienone is 3. The first-order valence-electron chi connectivity index (χ1n) is 23.3. The first kappa shape index (κ1) is 53.9. The van der Waals surface area contributed by atoms with Gasteiger partial charge in [-0.2, -0.15) is 0 Å². The van der Waals surface area contributed by atoms with Crippen molar-refractivity contribution >= 4 is 58.0 Å². The Morgan fingerprint density at radius 1 is 0.644 bits per heavy atom. The Bertz CT molecular complexity index is 3060. The van der Waals surface area contributed by atoms with Crippen LogP contribution in [0.4, 0.5) is 11.6 Å². The Hall–Kier alpha value is -8.49. The summed E-state index contributed by atoms with van der Waals surface area (Å²) in [5.74, 6) is 12.2. The fraction of sp³-hybridized carbons (Fsp3) is 0.269. The van der Waals surface area contributed by atoms with E-state index in [9.17, 15) is 28.8 Å². The minimum atomic E-state index is -0.737. The van der Waals surface area contributed by atoms with Crippen molar-refractivity contribution in [2.45, 2.75) is 79.3 Å². The molecule has 2 aliphatic rings. The van der Waals surface area contributed by atoms with Gasteiger partial charge in [-0.05, 0) is 139 Å². The zero-order valence-electron chi connectivity index (χ0n) is 41.4. The van der Waals surface area contributed by atoms with E-state index in [0.717, 1.165) is 48.1 Å². The number of hydrogen-bond donors (Lipinski definition) is 7. The second kappa shape index (κ2) is 24.1. The van der Waals surface area contributed by atoms with E-state index in [1.807, 2.05) is 53.7 Å². The molecule has 0 saturated carbocycles. The molecular formula is C52H59ClN14O6. The van der Waals surface area contributed by atoms with Crippen molar-refractivity contribution in [2.24, 2.45) is 11.5 Å². The fourth-order valence-electron chi connectivity index (χ4n) is 8.03. The average Bonchev–Trinajstić information content (AvgIpc) is 4.17. The van der Waals surface area contributed by atoms with Crippen molar-refractivity contribution in [2.75, 3.05) is 35.4 Å². The van der Waals surface area contributed by atoms with Crippen molar-refractivity contribution in [1.82, 2.24) is 39.5 Å². The zero-order valence-corrected chi connectivity index (χ0v) is 42.2. The highest BCUT2D eigenvalue weighted by molar-refractivity contribution is 6.66. The van der Waals surface area contributed by atoms with Gasteiger partial charge in [-0.15, -0.1) is 0 Å². The maximum atomic E-state index is 12.7. The molecule has 6 heterocycles. The van der Waals surface area contributed by atoms with Crippen LogP contribution in [0.25, 0.3) is 22.5 Å². The number of hydrogen-bond acceptors (Lipinski definition) is 13. The number of rotatable bonds is 12. The number of primary amides is 2. The van der Waals surface area contributed by atoms with Crippen LogP contribution in [0, 0.1) is 13.8 Å². The molecule has 2 saturated heterocycles. The van der Waals surface area contributed by atoms with Crippen LogP contribution in [0.3, 0.4) is 0 Å². The molecule has 73 heavy (non-hydrogen) atoms. The molecule has 0 aliphatic carbocycles. The number of amides is 5. The van der Waals surface area contributed by atoms with Crippen molar-refractivity contribution in [3.8, 4) is 22.5 Å². The summed E-state index contributed by atoms with van der Waals surface area (Å²) in [4.78, 5) is 91.5. The molecule has 2 aliphatic heterocycles. The largest absolute Gasteiger partial charge is 0.364 e. The smallest absolute Gasteiger partial charge is 0.269 e. The quantitative estimate of drug-likeness (QED) is 0.0397. The molecule has 0 unspecified atom stereocenters. The third kappa shape index (κ3) is 13.7. The van der Waals surface area contributed by atoms with Gasteiger partial charge in [0.2, 0.25) is 11.1 Å². The van der Waals surface area contributed by atoms with Crippen LogP contribution in [-0.4, -0.2) is 82.1 Å². The molecule has 8 rings (SSSR count). The van der Waals surface area contributed by atoms with Crippen LogP contribution in [0.15, 0.2) is 108 Å². The van der Waals surface area contributed by atoms with Crippen molar-refractivity contribution in [3.63, 3.8) is 0 Å². The number of aromatic nitrogens is 6. The second-order valence-corrected chi connectivity index (χ2v) is 18.3. The van der Waals surface area contributed by atoms with Gasteiger partial charge in [-0.25, -0.2) is 29.3 Å². The molecule has 380 valence electrons. The molecule has 2 atom stereocenters. The molecule has 11 N–H and O–H groups in total. The minimum absolute atomic E-state index is 0.0195. The van der Waals surface area contributed by atoms with E-state index in [2.05, 4.69) is 35.9 Å². The average molecular weight is 1010 g/mol. The van der Waals surface area contributed by atoms with Gasteiger partial charge < -0.3 is 44.0 Å². The number of likely N-dealkylation sites (tertiary alicyclic amines) is 1. The fourth-order valence-corrected chi connectivity index (χ4v) is 8.25. The summed E-state index contributed by atoms with van der Waals surface area (Å²) in [5.41, 5.74) is 18.0. The van der Waals surface area contributed by atoms with Crippen LogP contribution in [0.1, 0.15) is 130 Å². The van der Waals surface area contributed by atoms with Gasteiger partial charge in [-0.3, -0.25) is 28.8 Å². The lowest BCUT2D eigenvalue weighted by molar-refractivity contribution is -0.127. The lowest BCUT2D eigenvalue weighted by Gasteiger charge is -2.23. The number of carbonyl (C=O) groups excluding carboxylic acids is 6. The molecule has 2 aromatic carbocycles. The van der Waals surface area contributed by atoms with E-state index < -0.39 is 17.1 Å². The van der Waals surface area contributed by atoms with Crippen molar-refractivity contribution in [1.29, 1.82) is 0 Å². The molecule has 20 nitrogen and oxygen atoms in total. The molecule has 4 aromatic heterocycles. The third-order valence-corrected chi connectivity index (χ3v) is 11.6.